The molecule has 0 spiro atoms. The number of esters is 1. The van der Waals surface area contributed by atoms with E-state index in [1.807, 2.05) is 0 Å². The molecule has 1 N–H and O–H groups in total. The molecule has 0 aromatic heterocycles. The number of ether oxygens (including phenoxy) is 1. The molecule has 0 aromatic carbocycles. The molecule has 1 saturated carbocycles. The van der Waals surface area contributed by atoms with E-state index in [-0.39, 0.29) is 12.0 Å². The van der Waals surface area contributed by atoms with Crippen molar-refractivity contribution in [1.29, 1.82) is 0 Å². The molecular formula is C17H27NO3. The number of nitrogens with zero attached hydrogens (tertiary/aromatic N) is 1. The number of likely N-dealkylation sites (tertiary alicyclic amines) is 1. The third-order valence-corrected chi connectivity index (χ3v) is 4.76. The molecule has 4 heteroatoms. The minimum Gasteiger partial charge on any atom is -0.459 e. The number of carbonyl (C=O) groups excluding carboxylic acids is 1. The van der Waals surface area contributed by atoms with Gasteiger partial charge in [-0.2, -0.15) is 0 Å². The van der Waals surface area contributed by atoms with E-state index in [4.69, 9.17) is 4.74 Å². The fourth-order valence-corrected chi connectivity index (χ4v) is 3.37. The molecule has 1 heterocycles. The van der Waals surface area contributed by atoms with Crippen molar-refractivity contribution in [1.82, 2.24) is 4.90 Å². The molecule has 21 heavy (non-hydrogen) atoms. The molecule has 1 atom stereocenters. The minimum atomic E-state index is -1.61. The molecule has 0 radical (unpaired) electrons. The van der Waals surface area contributed by atoms with Gasteiger partial charge in [0.05, 0.1) is 0 Å². The van der Waals surface area contributed by atoms with Gasteiger partial charge in [0.15, 0.2) is 0 Å². The zero-order chi connectivity index (χ0) is 15.3. The molecule has 1 aliphatic heterocycles. The van der Waals surface area contributed by atoms with Crippen LogP contribution in [0.5, 0.6) is 0 Å². The number of carbonyl (C=O) groups is 1. The normalized spacial score (nSPS) is 24.7. The summed E-state index contributed by atoms with van der Waals surface area (Å²) in [7, 11) is 2.07. The van der Waals surface area contributed by atoms with Crippen LogP contribution >= 0.6 is 0 Å². The molecule has 0 bridgehead atoms. The van der Waals surface area contributed by atoms with Gasteiger partial charge in [-0.05, 0) is 39.7 Å². The summed E-state index contributed by atoms with van der Waals surface area (Å²) < 4.78 is 5.59. The Morgan fingerprint density at radius 1 is 1.19 bits per heavy atom. The van der Waals surface area contributed by atoms with Gasteiger partial charge in [0, 0.05) is 19.0 Å². The maximum atomic E-state index is 12.5. The van der Waals surface area contributed by atoms with Crippen LogP contribution in [0.1, 0.15) is 51.9 Å². The van der Waals surface area contributed by atoms with Crippen molar-refractivity contribution in [3.63, 3.8) is 0 Å². The van der Waals surface area contributed by atoms with Gasteiger partial charge in [0.1, 0.15) is 6.10 Å². The molecule has 0 amide bonds. The lowest BCUT2D eigenvalue weighted by Gasteiger charge is -2.35. The lowest BCUT2D eigenvalue weighted by molar-refractivity contribution is -0.173. The van der Waals surface area contributed by atoms with Gasteiger partial charge in [-0.25, -0.2) is 4.79 Å². The SMILES string of the molecule is CC#C[C@](O)(C(=O)OC1CCN(C)CC1)C1CCCCC1. The molecule has 1 aliphatic carbocycles. The Hall–Kier alpha value is -1.05. The van der Waals surface area contributed by atoms with Crippen LogP contribution in [0.25, 0.3) is 0 Å². The number of piperidine rings is 1. The summed E-state index contributed by atoms with van der Waals surface area (Å²) in [5, 5.41) is 10.8. The lowest BCUT2D eigenvalue weighted by Crippen LogP contribution is -2.49. The minimum absolute atomic E-state index is 0.0810. The van der Waals surface area contributed by atoms with E-state index in [0.29, 0.717) is 0 Å². The zero-order valence-electron chi connectivity index (χ0n) is 13.2. The summed E-state index contributed by atoms with van der Waals surface area (Å²) in [5.74, 6) is 4.85. The standard InChI is InChI=1S/C17H27NO3/c1-3-11-17(20,14-7-5-4-6-8-14)16(19)21-15-9-12-18(2)13-10-15/h14-15,20H,4-10,12-13H2,1-2H3/t17-/m1/s1. The van der Waals surface area contributed by atoms with Crippen molar-refractivity contribution in [3.8, 4) is 11.8 Å². The second kappa shape index (κ2) is 7.29. The maximum absolute atomic E-state index is 12.5. The second-order valence-electron chi connectivity index (χ2n) is 6.38. The molecule has 2 rings (SSSR count). The fraction of sp³-hybridized carbons (Fsp3) is 0.824. The highest BCUT2D eigenvalue weighted by Gasteiger charge is 2.45. The quantitative estimate of drug-likeness (QED) is 0.638. The van der Waals surface area contributed by atoms with Gasteiger partial charge in [-0.3, -0.25) is 0 Å². The van der Waals surface area contributed by atoms with E-state index in [0.717, 1.165) is 51.6 Å². The smallest absolute Gasteiger partial charge is 0.351 e. The maximum Gasteiger partial charge on any atom is 0.351 e. The first-order chi connectivity index (χ1) is 10.1. The summed E-state index contributed by atoms with van der Waals surface area (Å²) in [6, 6.07) is 0. The summed E-state index contributed by atoms with van der Waals surface area (Å²) in [4.78, 5) is 14.7. The van der Waals surface area contributed by atoms with Crippen LogP contribution in [0.2, 0.25) is 0 Å². The first kappa shape index (κ1) is 16.3. The Kier molecular flexibility index (Phi) is 5.66. The summed E-state index contributed by atoms with van der Waals surface area (Å²) >= 11 is 0. The van der Waals surface area contributed by atoms with Crippen LogP contribution in [0.3, 0.4) is 0 Å². The first-order valence-corrected chi connectivity index (χ1v) is 8.12. The van der Waals surface area contributed by atoms with Crippen LogP contribution in [-0.2, 0) is 9.53 Å². The van der Waals surface area contributed by atoms with Crippen molar-refractivity contribution in [2.75, 3.05) is 20.1 Å². The number of hydrogen-bond donors (Lipinski definition) is 1. The first-order valence-electron chi connectivity index (χ1n) is 8.12. The Bertz CT molecular complexity index is 411. The highest BCUT2D eigenvalue weighted by Crippen LogP contribution is 2.34. The second-order valence-corrected chi connectivity index (χ2v) is 6.38. The van der Waals surface area contributed by atoms with Crippen molar-refractivity contribution in [2.24, 2.45) is 5.92 Å². The third kappa shape index (κ3) is 3.99. The van der Waals surface area contributed by atoms with Crippen molar-refractivity contribution < 1.29 is 14.6 Å². The highest BCUT2D eigenvalue weighted by atomic mass is 16.6. The van der Waals surface area contributed by atoms with Crippen LogP contribution in [0, 0.1) is 17.8 Å². The topological polar surface area (TPSA) is 49.8 Å². The third-order valence-electron chi connectivity index (χ3n) is 4.76. The molecule has 2 aliphatic rings. The van der Waals surface area contributed by atoms with E-state index in [1.54, 1.807) is 6.92 Å². The van der Waals surface area contributed by atoms with Crippen LogP contribution in [0.4, 0.5) is 0 Å². The molecule has 0 unspecified atom stereocenters. The number of rotatable bonds is 3. The van der Waals surface area contributed by atoms with Gasteiger partial charge < -0.3 is 14.7 Å². The van der Waals surface area contributed by atoms with Gasteiger partial charge in [-0.15, -0.1) is 5.92 Å². The van der Waals surface area contributed by atoms with Crippen LogP contribution in [-0.4, -0.2) is 47.8 Å². The summed E-state index contributed by atoms with van der Waals surface area (Å²) in [6.45, 7) is 3.52. The van der Waals surface area contributed by atoms with Crippen LogP contribution < -0.4 is 0 Å². The molecular weight excluding hydrogens is 266 g/mol. The Morgan fingerprint density at radius 3 is 2.38 bits per heavy atom. The molecule has 1 saturated heterocycles. The number of aliphatic hydroxyl groups is 1. The zero-order valence-corrected chi connectivity index (χ0v) is 13.2. The Balaban J connectivity index is 2.02. The summed E-state index contributed by atoms with van der Waals surface area (Å²) in [6.07, 6.45) is 6.59. The van der Waals surface area contributed by atoms with E-state index >= 15 is 0 Å². The molecule has 4 nitrogen and oxygen atoms in total. The summed E-state index contributed by atoms with van der Waals surface area (Å²) in [5.41, 5.74) is -1.61. The average Bonchev–Trinajstić information content (AvgIpc) is 2.50. The van der Waals surface area contributed by atoms with Crippen molar-refractivity contribution in [2.45, 2.75) is 63.6 Å². The van der Waals surface area contributed by atoms with Crippen molar-refractivity contribution >= 4 is 5.97 Å². The lowest BCUT2D eigenvalue weighted by atomic mass is 9.77. The van der Waals surface area contributed by atoms with Crippen LogP contribution in [0.15, 0.2) is 0 Å². The Morgan fingerprint density at radius 2 is 1.81 bits per heavy atom. The van der Waals surface area contributed by atoms with Gasteiger partial charge in [-0.1, -0.05) is 25.2 Å². The fourth-order valence-electron chi connectivity index (χ4n) is 3.37. The monoisotopic (exact) mass is 293 g/mol. The van der Waals surface area contributed by atoms with Gasteiger partial charge in [0.2, 0.25) is 5.60 Å². The van der Waals surface area contributed by atoms with Crippen molar-refractivity contribution in [3.05, 3.63) is 0 Å². The van der Waals surface area contributed by atoms with Gasteiger partial charge in [0.25, 0.3) is 0 Å². The van der Waals surface area contributed by atoms with E-state index in [2.05, 4.69) is 23.8 Å². The van der Waals surface area contributed by atoms with Gasteiger partial charge >= 0.3 is 5.97 Å². The predicted octanol–water partition coefficient (Wildman–Crippen LogP) is 1.96. The average molecular weight is 293 g/mol. The van der Waals surface area contributed by atoms with E-state index in [1.165, 1.54) is 6.42 Å². The predicted molar refractivity (Wildman–Crippen MR) is 81.6 cm³/mol. The Labute approximate surface area is 127 Å². The largest absolute Gasteiger partial charge is 0.459 e. The number of hydrogen-bond acceptors (Lipinski definition) is 4. The van der Waals surface area contributed by atoms with E-state index in [9.17, 15) is 9.90 Å². The highest BCUT2D eigenvalue weighted by molar-refractivity contribution is 5.84. The molecule has 118 valence electrons. The molecule has 0 aromatic rings. The van der Waals surface area contributed by atoms with E-state index < -0.39 is 11.6 Å². The molecule has 2 fully saturated rings.